The van der Waals surface area contributed by atoms with Crippen molar-refractivity contribution in [3.05, 3.63) is 65.0 Å². The van der Waals surface area contributed by atoms with Crippen LogP contribution < -0.4 is 0 Å². The molecule has 1 atom stereocenters. The van der Waals surface area contributed by atoms with Gasteiger partial charge in [0.1, 0.15) is 6.29 Å². The third kappa shape index (κ3) is 1.94. The summed E-state index contributed by atoms with van der Waals surface area (Å²) in [6.07, 6.45) is 8.06. The molecule has 0 saturated carbocycles. The Hall–Kier alpha value is -1.96. The number of rotatable bonds is 3. The summed E-state index contributed by atoms with van der Waals surface area (Å²) in [5, 5.41) is 0. The van der Waals surface area contributed by atoms with Crippen molar-refractivity contribution in [1.29, 1.82) is 0 Å². The summed E-state index contributed by atoms with van der Waals surface area (Å²) in [7, 11) is 0. The second-order valence-electron chi connectivity index (χ2n) is 4.78. The van der Waals surface area contributed by atoms with Crippen LogP contribution in [0.4, 0.5) is 0 Å². The van der Waals surface area contributed by atoms with Crippen LogP contribution in [0.15, 0.2) is 42.7 Å². The summed E-state index contributed by atoms with van der Waals surface area (Å²) in [5.74, 6) is -0.190. The molecule has 3 rings (SSSR count). The molecule has 90 valence electrons. The van der Waals surface area contributed by atoms with Crippen molar-refractivity contribution in [2.24, 2.45) is 0 Å². The number of aryl methyl sites for hydroxylation is 2. The van der Waals surface area contributed by atoms with Crippen LogP contribution in [0.3, 0.4) is 0 Å². The Morgan fingerprint density at radius 3 is 2.78 bits per heavy atom. The van der Waals surface area contributed by atoms with E-state index in [0.29, 0.717) is 0 Å². The molecule has 1 heterocycles. The minimum absolute atomic E-state index is 0.190. The predicted octanol–water partition coefficient (Wildman–Crippen LogP) is 2.90. The van der Waals surface area contributed by atoms with Crippen LogP contribution in [0.1, 0.15) is 34.6 Å². The lowest BCUT2D eigenvalue weighted by Crippen LogP contribution is -2.03. The highest BCUT2D eigenvalue weighted by molar-refractivity contribution is 5.68. The molecule has 1 aliphatic carbocycles. The smallest absolute Gasteiger partial charge is 0.131 e. The zero-order valence-corrected chi connectivity index (χ0v) is 10.2. The number of fused-ring (bicyclic) bond motifs is 1. The summed E-state index contributed by atoms with van der Waals surface area (Å²) in [4.78, 5) is 15.5. The van der Waals surface area contributed by atoms with Gasteiger partial charge < -0.3 is 4.79 Å². The number of carbonyl (C=O) groups is 1. The molecule has 2 aromatic rings. The Bertz CT molecular complexity index is 563. The summed E-state index contributed by atoms with van der Waals surface area (Å²) in [6, 6.07) is 10.3. The number of hydrogen-bond donors (Lipinski definition) is 0. The van der Waals surface area contributed by atoms with E-state index < -0.39 is 0 Å². The van der Waals surface area contributed by atoms with Gasteiger partial charge in [0.25, 0.3) is 0 Å². The van der Waals surface area contributed by atoms with Crippen molar-refractivity contribution in [3.8, 4) is 0 Å². The maximum Gasteiger partial charge on any atom is 0.131 e. The monoisotopic (exact) mass is 237 g/mol. The average Bonchev–Trinajstić information content (AvgIpc) is 2.88. The molecule has 1 aromatic carbocycles. The average molecular weight is 237 g/mol. The molecule has 0 saturated heterocycles. The lowest BCUT2D eigenvalue weighted by atomic mass is 9.92. The molecule has 1 unspecified atom stereocenters. The van der Waals surface area contributed by atoms with E-state index >= 15 is 0 Å². The van der Waals surface area contributed by atoms with Gasteiger partial charge in [-0.05, 0) is 47.6 Å². The van der Waals surface area contributed by atoms with Gasteiger partial charge in [0.2, 0.25) is 0 Å². The number of pyridine rings is 1. The third-order valence-corrected chi connectivity index (χ3v) is 3.66. The Morgan fingerprint density at radius 1 is 1.11 bits per heavy atom. The molecule has 0 N–H and O–H groups in total. The van der Waals surface area contributed by atoms with Crippen molar-refractivity contribution in [2.75, 3.05) is 0 Å². The van der Waals surface area contributed by atoms with Gasteiger partial charge in [0.15, 0.2) is 0 Å². The molecule has 2 nitrogen and oxygen atoms in total. The number of nitrogens with zero attached hydrogens (tertiary/aromatic N) is 1. The number of aromatic nitrogens is 1. The molecule has 2 heteroatoms. The predicted molar refractivity (Wildman–Crippen MR) is 70.6 cm³/mol. The lowest BCUT2D eigenvalue weighted by Gasteiger charge is -2.12. The third-order valence-electron chi connectivity index (χ3n) is 3.66. The van der Waals surface area contributed by atoms with E-state index in [9.17, 15) is 4.79 Å². The van der Waals surface area contributed by atoms with E-state index in [1.807, 2.05) is 12.1 Å². The number of carbonyl (C=O) groups excluding carboxylic acids is 1. The Labute approximate surface area is 107 Å². The fourth-order valence-corrected chi connectivity index (χ4v) is 2.69. The van der Waals surface area contributed by atoms with Crippen molar-refractivity contribution in [3.63, 3.8) is 0 Å². The van der Waals surface area contributed by atoms with E-state index in [1.165, 1.54) is 24.0 Å². The number of aldehydes is 1. The fraction of sp³-hybridized carbons (Fsp3) is 0.250. The fourth-order valence-electron chi connectivity index (χ4n) is 2.69. The van der Waals surface area contributed by atoms with Crippen LogP contribution in [-0.4, -0.2) is 11.3 Å². The van der Waals surface area contributed by atoms with Crippen molar-refractivity contribution in [1.82, 2.24) is 4.98 Å². The van der Waals surface area contributed by atoms with E-state index in [0.717, 1.165) is 23.8 Å². The molecule has 1 aliphatic rings. The molecule has 0 bridgehead atoms. The van der Waals surface area contributed by atoms with Gasteiger partial charge in [-0.25, -0.2) is 0 Å². The van der Waals surface area contributed by atoms with E-state index in [1.54, 1.807) is 12.4 Å². The van der Waals surface area contributed by atoms with E-state index in [4.69, 9.17) is 0 Å². The van der Waals surface area contributed by atoms with Gasteiger partial charge in [-0.3, -0.25) is 4.98 Å². The first kappa shape index (κ1) is 11.1. The van der Waals surface area contributed by atoms with Gasteiger partial charge >= 0.3 is 0 Å². The van der Waals surface area contributed by atoms with E-state index in [2.05, 4.69) is 23.2 Å². The molecule has 0 radical (unpaired) electrons. The first-order chi connectivity index (χ1) is 8.88. The van der Waals surface area contributed by atoms with Gasteiger partial charge in [-0.2, -0.15) is 0 Å². The van der Waals surface area contributed by atoms with Gasteiger partial charge in [0.05, 0.1) is 5.92 Å². The largest absolute Gasteiger partial charge is 0.302 e. The minimum atomic E-state index is -0.190. The molecule has 0 amide bonds. The number of hydrogen-bond acceptors (Lipinski definition) is 2. The SMILES string of the molecule is O=CC(c1cccnc1)c1ccc2c(c1)CCC2. The van der Waals surface area contributed by atoms with Gasteiger partial charge in [0, 0.05) is 12.4 Å². The first-order valence-corrected chi connectivity index (χ1v) is 6.35. The minimum Gasteiger partial charge on any atom is -0.302 e. The maximum atomic E-state index is 11.4. The summed E-state index contributed by atoms with van der Waals surface area (Å²) in [5.41, 5.74) is 4.89. The topological polar surface area (TPSA) is 30.0 Å². The molecule has 0 aliphatic heterocycles. The van der Waals surface area contributed by atoms with Crippen molar-refractivity contribution >= 4 is 6.29 Å². The second kappa shape index (κ2) is 4.73. The van der Waals surface area contributed by atoms with Crippen LogP contribution in [0.2, 0.25) is 0 Å². The van der Waals surface area contributed by atoms with Crippen molar-refractivity contribution in [2.45, 2.75) is 25.2 Å². The highest BCUT2D eigenvalue weighted by Gasteiger charge is 2.17. The molecule has 0 fully saturated rings. The first-order valence-electron chi connectivity index (χ1n) is 6.35. The lowest BCUT2D eigenvalue weighted by molar-refractivity contribution is -0.108. The normalized spacial score (nSPS) is 15.1. The summed E-state index contributed by atoms with van der Waals surface area (Å²) >= 11 is 0. The standard InChI is InChI=1S/C16H15NO/c18-11-16(15-5-2-8-17-10-15)14-7-6-12-3-1-4-13(12)9-14/h2,5-11,16H,1,3-4H2. The van der Waals surface area contributed by atoms with Crippen LogP contribution in [0.5, 0.6) is 0 Å². The van der Waals surface area contributed by atoms with Crippen molar-refractivity contribution < 1.29 is 4.79 Å². The molecule has 0 spiro atoms. The Balaban J connectivity index is 2.00. The van der Waals surface area contributed by atoms with Crippen LogP contribution in [0, 0.1) is 0 Å². The van der Waals surface area contributed by atoms with Crippen LogP contribution in [0.25, 0.3) is 0 Å². The molecule has 1 aromatic heterocycles. The van der Waals surface area contributed by atoms with Gasteiger partial charge in [-0.15, -0.1) is 0 Å². The summed E-state index contributed by atoms with van der Waals surface area (Å²) < 4.78 is 0. The maximum absolute atomic E-state index is 11.4. The zero-order valence-electron chi connectivity index (χ0n) is 10.2. The summed E-state index contributed by atoms with van der Waals surface area (Å²) in [6.45, 7) is 0. The molecular formula is C16H15NO. The van der Waals surface area contributed by atoms with Gasteiger partial charge in [-0.1, -0.05) is 24.3 Å². The Kier molecular flexibility index (Phi) is 2.93. The number of benzene rings is 1. The highest BCUT2D eigenvalue weighted by Crippen LogP contribution is 2.28. The van der Waals surface area contributed by atoms with E-state index in [-0.39, 0.29) is 5.92 Å². The Morgan fingerprint density at radius 2 is 2.00 bits per heavy atom. The molecular weight excluding hydrogens is 222 g/mol. The molecule has 18 heavy (non-hydrogen) atoms. The van der Waals surface area contributed by atoms with Crippen LogP contribution >= 0.6 is 0 Å². The zero-order chi connectivity index (χ0) is 12.4. The second-order valence-corrected chi connectivity index (χ2v) is 4.78. The highest BCUT2D eigenvalue weighted by atomic mass is 16.1. The quantitative estimate of drug-likeness (QED) is 0.768. The van der Waals surface area contributed by atoms with Crippen LogP contribution in [-0.2, 0) is 17.6 Å².